The summed E-state index contributed by atoms with van der Waals surface area (Å²) in [6.45, 7) is 4.95. The number of halogens is 1. The number of aliphatic imine (C=N–C) groups is 1. The fraction of sp³-hybridized carbons (Fsp3) is 0.650. The van der Waals surface area contributed by atoms with Crippen molar-refractivity contribution in [3.8, 4) is 0 Å². The van der Waals surface area contributed by atoms with Gasteiger partial charge in [-0.1, -0.05) is 18.2 Å². The number of benzene rings is 1. The molecular weight excluding hydrogens is 489 g/mol. The van der Waals surface area contributed by atoms with E-state index in [2.05, 4.69) is 51.8 Å². The Labute approximate surface area is 189 Å². The lowest BCUT2D eigenvalue weighted by molar-refractivity contribution is 0.0781. The van der Waals surface area contributed by atoms with Gasteiger partial charge in [0, 0.05) is 55.3 Å². The molecule has 152 valence electrons. The number of likely N-dealkylation sites (tertiary alicyclic amines) is 1. The minimum absolute atomic E-state index is 0. The van der Waals surface area contributed by atoms with Crippen LogP contribution < -0.4 is 5.32 Å². The van der Waals surface area contributed by atoms with Crippen LogP contribution in [-0.4, -0.2) is 67.5 Å². The Balaban J connectivity index is 0.00000261. The maximum absolute atomic E-state index is 5.55. The summed E-state index contributed by atoms with van der Waals surface area (Å²) in [6, 6.07) is 10.7. The van der Waals surface area contributed by atoms with Crippen molar-refractivity contribution in [3.63, 3.8) is 0 Å². The number of guanidine groups is 1. The molecule has 1 atom stereocenters. The Morgan fingerprint density at radius 3 is 2.70 bits per heavy atom. The van der Waals surface area contributed by atoms with Crippen molar-refractivity contribution in [1.29, 1.82) is 0 Å². The van der Waals surface area contributed by atoms with Crippen LogP contribution in [0.2, 0.25) is 0 Å². The normalized spacial score (nSPS) is 22.4. The molecule has 2 aliphatic rings. The topological polar surface area (TPSA) is 36.9 Å². The number of thioether (sulfide) groups is 2. The maximum atomic E-state index is 5.55. The summed E-state index contributed by atoms with van der Waals surface area (Å²) >= 11 is 3.95. The summed E-state index contributed by atoms with van der Waals surface area (Å²) in [5.74, 6) is 2.98. The summed E-state index contributed by atoms with van der Waals surface area (Å²) in [7, 11) is 1.91. The fourth-order valence-corrected chi connectivity index (χ4v) is 5.50. The van der Waals surface area contributed by atoms with Gasteiger partial charge in [-0.05, 0) is 43.6 Å². The van der Waals surface area contributed by atoms with Crippen molar-refractivity contribution in [2.24, 2.45) is 10.9 Å². The third-order valence-corrected chi connectivity index (χ3v) is 8.09. The van der Waals surface area contributed by atoms with E-state index in [1.54, 1.807) is 0 Å². The first-order chi connectivity index (χ1) is 12.7. The lowest BCUT2D eigenvalue weighted by atomic mass is 9.99. The molecule has 7 heteroatoms. The predicted molar refractivity (Wildman–Crippen MR) is 130 cm³/mol. The van der Waals surface area contributed by atoms with Crippen molar-refractivity contribution in [3.05, 3.63) is 30.3 Å². The summed E-state index contributed by atoms with van der Waals surface area (Å²) < 4.78 is 5.84. The Hall–Kier alpha value is -0.120. The number of ether oxygens (including phenoxy) is 1. The van der Waals surface area contributed by atoms with Crippen LogP contribution in [0.5, 0.6) is 0 Å². The van der Waals surface area contributed by atoms with Crippen molar-refractivity contribution in [2.45, 2.75) is 28.9 Å². The molecule has 0 aromatic heterocycles. The van der Waals surface area contributed by atoms with Gasteiger partial charge in [0.05, 0.1) is 0 Å². The number of rotatable bonds is 6. The number of hydrogen-bond acceptors (Lipinski definition) is 4. The van der Waals surface area contributed by atoms with Crippen LogP contribution in [0.4, 0.5) is 0 Å². The molecule has 4 nitrogen and oxygen atoms in total. The number of nitrogens with one attached hydrogen (secondary N) is 1. The average Bonchev–Trinajstić information content (AvgIpc) is 3.17. The molecule has 0 aliphatic carbocycles. The van der Waals surface area contributed by atoms with Gasteiger partial charge in [0.25, 0.3) is 0 Å². The van der Waals surface area contributed by atoms with Gasteiger partial charge < -0.3 is 15.0 Å². The largest absolute Gasteiger partial charge is 0.381 e. The van der Waals surface area contributed by atoms with Crippen LogP contribution in [0.1, 0.15) is 19.3 Å². The quantitative estimate of drug-likeness (QED) is 0.263. The third-order valence-electron chi connectivity index (χ3n) is 5.43. The standard InChI is InChI=1S/C20H31N3OS2.HI/c1-21-19(22-16-20(25-2)9-12-24-13-10-20)23-11-8-17(14-23)15-26-18-6-4-3-5-7-18;/h3-7,17H,8-16H2,1-2H3,(H,21,22);1H. The highest BCUT2D eigenvalue weighted by atomic mass is 127. The Morgan fingerprint density at radius 2 is 2.04 bits per heavy atom. The first kappa shape index (κ1) is 23.2. The van der Waals surface area contributed by atoms with Gasteiger partial charge in [-0.25, -0.2) is 0 Å². The minimum atomic E-state index is 0. The SMILES string of the molecule is CN=C(NCC1(SC)CCOCC1)N1CCC(CSc2ccccc2)C1.I. The molecule has 2 fully saturated rings. The Morgan fingerprint density at radius 1 is 1.30 bits per heavy atom. The van der Waals surface area contributed by atoms with E-state index in [4.69, 9.17) is 4.74 Å². The van der Waals surface area contributed by atoms with E-state index in [9.17, 15) is 0 Å². The monoisotopic (exact) mass is 521 g/mol. The smallest absolute Gasteiger partial charge is 0.193 e. The summed E-state index contributed by atoms with van der Waals surface area (Å²) in [5.41, 5.74) is 0. The highest BCUT2D eigenvalue weighted by molar-refractivity contribution is 14.0. The Kier molecular flexibility index (Phi) is 10.1. The van der Waals surface area contributed by atoms with E-state index in [-0.39, 0.29) is 28.7 Å². The van der Waals surface area contributed by atoms with Gasteiger partial charge >= 0.3 is 0 Å². The summed E-state index contributed by atoms with van der Waals surface area (Å²) in [5, 5.41) is 3.66. The molecule has 27 heavy (non-hydrogen) atoms. The highest BCUT2D eigenvalue weighted by Gasteiger charge is 2.33. The number of hydrogen-bond donors (Lipinski definition) is 1. The lowest BCUT2D eigenvalue weighted by Crippen LogP contribution is -2.48. The first-order valence-electron chi connectivity index (χ1n) is 9.51. The van der Waals surface area contributed by atoms with Gasteiger partial charge in [0.1, 0.15) is 0 Å². The molecule has 1 N–H and O–H groups in total. The first-order valence-corrected chi connectivity index (χ1v) is 11.7. The van der Waals surface area contributed by atoms with Gasteiger partial charge in [-0.2, -0.15) is 11.8 Å². The van der Waals surface area contributed by atoms with Gasteiger partial charge in [0.15, 0.2) is 5.96 Å². The van der Waals surface area contributed by atoms with Crippen LogP contribution in [0.15, 0.2) is 40.2 Å². The predicted octanol–water partition coefficient (Wildman–Crippen LogP) is 4.21. The molecule has 3 rings (SSSR count). The molecular formula is C20H32IN3OS2. The van der Waals surface area contributed by atoms with Gasteiger partial charge in [0.2, 0.25) is 0 Å². The van der Waals surface area contributed by atoms with Crippen molar-refractivity contribution >= 4 is 53.5 Å². The molecule has 0 amide bonds. The molecule has 1 aromatic carbocycles. The second-order valence-electron chi connectivity index (χ2n) is 7.13. The molecule has 1 aromatic rings. The van der Waals surface area contributed by atoms with Crippen LogP contribution in [0, 0.1) is 5.92 Å². The second kappa shape index (κ2) is 11.8. The number of nitrogens with zero attached hydrogens (tertiary/aromatic N) is 2. The van der Waals surface area contributed by atoms with Crippen molar-refractivity contribution in [2.75, 3.05) is 51.9 Å². The van der Waals surface area contributed by atoms with Crippen LogP contribution in [0.25, 0.3) is 0 Å². The molecule has 0 bridgehead atoms. The fourth-order valence-electron chi connectivity index (χ4n) is 3.66. The summed E-state index contributed by atoms with van der Waals surface area (Å²) in [4.78, 5) is 8.36. The van der Waals surface area contributed by atoms with E-state index >= 15 is 0 Å². The molecule has 0 spiro atoms. The zero-order valence-corrected chi connectivity index (χ0v) is 20.3. The van der Waals surface area contributed by atoms with E-state index < -0.39 is 0 Å². The lowest BCUT2D eigenvalue weighted by Gasteiger charge is -2.37. The van der Waals surface area contributed by atoms with Gasteiger partial charge in [-0.3, -0.25) is 4.99 Å². The highest BCUT2D eigenvalue weighted by Crippen LogP contribution is 2.33. The average molecular weight is 522 g/mol. The molecule has 1 unspecified atom stereocenters. The summed E-state index contributed by atoms with van der Waals surface area (Å²) in [6.07, 6.45) is 5.72. The van der Waals surface area contributed by atoms with Crippen LogP contribution in [0.3, 0.4) is 0 Å². The molecule has 0 saturated carbocycles. The van der Waals surface area contributed by atoms with E-state index in [1.807, 2.05) is 30.6 Å². The van der Waals surface area contributed by atoms with Crippen LogP contribution >= 0.6 is 47.5 Å². The van der Waals surface area contributed by atoms with E-state index in [0.29, 0.717) is 0 Å². The van der Waals surface area contributed by atoms with Crippen molar-refractivity contribution < 1.29 is 4.74 Å². The van der Waals surface area contributed by atoms with E-state index in [1.165, 1.54) is 17.1 Å². The zero-order chi connectivity index (χ0) is 18.2. The third kappa shape index (κ3) is 6.72. The zero-order valence-electron chi connectivity index (χ0n) is 16.4. The Bertz CT molecular complexity index is 582. The molecule has 2 aliphatic heterocycles. The molecule has 2 saturated heterocycles. The van der Waals surface area contributed by atoms with Gasteiger partial charge in [-0.15, -0.1) is 35.7 Å². The van der Waals surface area contributed by atoms with Crippen LogP contribution in [-0.2, 0) is 4.74 Å². The maximum Gasteiger partial charge on any atom is 0.193 e. The second-order valence-corrected chi connectivity index (χ2v) is 9.49. The minimum Gasteiger partial charge on any atom is -0.381 e. The van der Waals surface area contributed by atoms with Crippen molar-refractivity contribution in [1.82, 2.24) is 10.2 Å². The molecule has 0 radical (unpaired) electrons. The van der Waals surface area contributed by atoms with E-state index in [0.717, 1.165) is 57.6 Å². The molecule has 2 heterocycles.